The second-order valence-corrected chi connectivity index (χ2v) is 9.44. The fourth-order valence-electron chi connectivity index (χ4n) is 4.92. The van der Waals surface area contributed by atoms with Crippen molar-refractivity contribution in [3.63, 3.8) is 0 Å². The highest BCUT2D eigenvalue weighted by Gasteiger charge is 2.40. The summed E-state index contributed by atoms with van der Waals surface area (Å²) in [5.41, 5.74) is -0.0435. The number of anilines is 1. The van der Waals surface area contributed by atoms with E-state index in [1.54, 1.807) is 0 Å². The second-order valence-electron chi connectivity index (χ2n) is 9.44. The molecule has 0 bridgehead atoms. The first-order chi connectivity index (χ1) is 12.4. The van der Waals surface area contributed by atoms with Crippen molar-refractivity contribution in [3.05, 3.63) is 18.1 Å². The van der Waals surface area contributed by atoms with Crippen LogP contribution in [-0.2, 0) is 10.2 Å². The predicted octanol–water partition coefficient (Wildman–Crippen LogP) is 3.25. The van der Waals surface area contributed by atoms with E-state index in [1.807, 2.05) is 12.3 Å². The standard InChI is InChI=1S/C21H32N4O/c1-21(2,3)20-22-10-7-18(23-20)24-11-8-15(9-12-24)19(26)25-13-16-5-4-6-17(16)14-25/h7,10,15-17H,4-6,8-9,11-14H2,1-3H3. The molecule has 1 amide bonds. The zero-order valence-electron chi connectivity index (χ0n) is 16.4. The summed E-state index contributed by atoms with van der Waals surface area (Å²) in [7, 11) is 0. The predicted molar refractivity (Wildman–Crippen MR) is 103 cm³/mol. The Hall–Kier alpha value is -1.65. The molecule has 0 spiro atoms. The molecule has 5 nitrogen and oxygen atoms in total. The van der Waals surface area contributed by atoms with Crippen LogP contribution in [0.25, 0.3) is 0 Å². The van der Waals surface area contributed by atoms with Gasteiger partial charge in [0, 0.05) is 43.7 Å². The van der Waals surface area contributed by atoms with E-state index in [2.05, 4.69) is 35.6 Å². The van der Waals surface area contributed by atoms with Crippen molar-refractivity contribution in [1.29, 1.82) is 0 Å². The lowest BCUT2D eigenvalue weighted by atomic mass is 9.94. The van der Waals surface area contributed by atoms with Gasteiger partial charge in [0.2, 0.25) is 5.91 Å². The van der Waals surface area contributed by atoms with Gasteiger partial charge in [-0.15, -0.1) is 0 Å². The van der Waals surface area contributed by atoms with Gasteiger partial charge in [-0.2, -0.15) is 0 Å². The summed E-state index contributed by atoms with van der Waals surface area (Å²) in [4.78, 5) is 26.6. The van der Waals surface area contributed by atoms with Crippen LogP contribution in [0.1, 0.15) is 58.7 Å². The van der Waals surface area contributed by atoms with E-state index in [0.29, 0.717) is 5.91 Å². The van der Waals surface area contributed by atoms with Gasteiger partial charge in [0.05, 0.1) is 0 Å². The van der Waals surface area contributed by atoms with Gasteiger partial charge < -0.3 is 9.80 Å². The number of hydrogen-bond donors (Lipinski definition) is 0. The van der Waals surface area contributed by atoms with Crippen LogP contribution in [0.5, 0.6) is 0 Å². The molecule has 5 heteroatoms. The lowest BCUT2D eigenvalue weighted by molar-refractivity contribution is -0.135. The number of carbonyl (C=O) groups is 1. The van der Waals surface area contributed by atoms with Gasteiger partial charge in [0.25, 0.3) is 0 Å². The molecule has 2 aliphatic heterocycles. The first-order valence-electron chi connectivity index (χ1n) is 10.3. The highest BCUT2D eigenvalue weighted by atomic mass is 16.2. The van der Waals surface area contributed by atoms with E-state index >= 15 is 0 Å². The normalized spacial score (nSPS) is 27.0. The zero-order valence-corrected chi connectivity index (χ0v) is 16.4. The summed E-state index contributed by atoms with van der Waals surface area (Å²) in [5, 5.41) is 0. The largest absolute Gasteiger partial charge is 0.356 e. The minimum Gasteiger partial charge on any atom is -0.356 e. The second kappa shape index (κ2) is 6.82. The van der Waals surface area contributed by atoms with E-state index in [9.17, 15) is 4.79 Å². The summed E-state index contributed by atoms with van der Waals surface area (Å²) in [6, 6.07) is 2.00. The summed E-state index contributed by atoms with van der Waals surface area (Å²) >= 11 is 0. The first-order valence-corrected chi connectivity index (χ1v) is 10.3. The lowest BCUT2D eigenvalue weighted by Crippen LogP contribution is -2.42. The van der Waals surface area contributed by atoms with E-state index < -0.39 is 0 Å². The molecule has 1 aromatic rings. The summed E-state index contributed by atoms with van der Waals surface area (Å²) in [5.74, 6) is 4.08. The number of hydrogen-bond acceptors (Lipinski definition) is 4. The van der Waals surface area contributed by atoms with Crippen molar-refractivity contribution in [2.45, 2.75) is 58.3 Å². The number of carbonyl (C=O) groups excluding carboxylic acids is 1. The van der Waals surface area contributed by atoms with Crippen LogP contribution < -0.4 is 4.90 Å². The third-order valence-electron chi connectivity index (χ3n) is 6.52. The molecule has 0 radical (unpaired) electrons. The number of amides is 1. The SMILES string of the molecule is CC(C)(C)c1nccc(N2CCC(C(=O)N3CC4CCCC4C3)CC2)n1. The van der Waals surface area contributed by atoms with Crippen LogP contribution in [0.4, 0.5) is 5.82 Å². The van der Waals surface area contributed by atoms with Gasteiger partial charge >= 0.3 is 0 Å². The Bertz CT molecular complexity index is 648. The van der Waals surface area contributed by atoms with Crippen LogP contribution in [0.15, 0.2) is 12.3 Å². The molecule has 2 atom stereocenters. The van der Waals surface area contributed by atoms with Crippen LogP contribution in [0, 0.1) is 17.8 Å². The van der Waals surface area contributed by atoms with E-state index in [1.165, 1.54) is 19.3 Å². The van der Waals surface area contributed by atoms with Crippen molar-refractivity contribution < 1.29 is 4.79 Å². The minimum absolute atomic E-state index is 0.0435. The highest BCUT2D eigenvalue weighted by Crippen LogP contribution is 2.38. The summed E-state index contributed by atoms with van der Waals surface area (Å²) in [6.45, 7) is 10.3. The maximum Gasteiger partial charge on any atom is 0.225 e. The molecule has 0 aromatic carbocycles. The van der Waals surface area contributed by atoms with Crippen molar-refractivity contribution >= 4 is 11.7 Å². The molecule has 2 saturated heterocycles. The highest BCUT2D eigenvalue weighted by molar-refractivity contribution is 5.79. The number of fused-ring (bicyclic) bond motifs is 1. The molecule has 0 N–H and O–H groups in total. The molecular weight excluding hydrogens is 324 g/mol. The Morgan fingerprint density at radius 1 is 1.08 bits per heavy atom. The maximum absolute atomic E-state index is 12.9. The van der Waals surface area contributed by atoms with E-state index in [-0.39, 0.29) is 11.3 Å². The maximum atomic E-state index is 12.9. The molecule has 3 aliphatic rings. The topological polar surface area (TPSA) is 49.3 Å². The Labute approximate surface area is 157 Å². The Balaban J connectivity index is 1.35. The van der Waals surface area contributed by atoms with Gasteiger partial charge in [-0.25, -0.2) is 9.97 Å². The fraction of sp³-hybridized carbons (Fsp3) is 0.762. The quantitative estimate of drug-likeness (QED) is 0.816. The Morgan fingerprint density at radius 2 is 1.73 bits per heavy atom. The summed E-state index contributed by atoms with van der Waals surface area (Å²) < 4.78 is 0. The average Bonchev–Trinajstić information content (AvgIpc) is 3.23. The monoisotopic (exact) mass is 356 g/mol. The molecule has 2 unspecified atom stereocenters. The minimum atomic E-state index is -0.0435. The molecule has 4 rings (SSSR count). The Kier molecular flexibility index (Phi) is 4.66. The number of aromatic nitrogens is 2. The smallest absolute Gasteiger partial charge is 0.225 e. The van der Waals surface area contributed by atoms with Crippen LogP contribution >= 0.6 is 0 Å². The molecule has 3 fully saturated rings. The number of likely N-dealkylation sites (tertiary alicyclic amines) is 1. The van der Waals surface area contributed by atoms with E-state index in [0.717, 1.165) is 62.5 Å². The molecule has 1 aromatic heterocycles. The molecule has 3 heterocycles. The molecule has 26 heavy (non-hydrogen) atoms. The molecule has 142 valence electrons. The van der Waals surface area contributed by atoms with Crippen LogP contribution in [-0.4, -0.2) is 47.0 Å². The number of nitrogens with zero attached hydrogens (tertiary/aromatic N) is 4. The Morgan fingerprint density at radius 3 is 2.35 bits per heavy atom. The van der Waals surface area contributed by atoms with Crippen LogP contribution in [0.3, 0.4) is 0 Å². The third kappa shape index (κ3) is 3.45. The van der Waals surface area contributed by atoms with Gasteiger partial charge in [0.15, 0.2) is 0 Å². The number of piperidine rings is 1. The number of rotatable bonds is 2. The van der Waals surface area contributed by atoms with Crippen molar-refractivity contribution in [1.82, 2.24) is 14.9 Å². The molecular formula is C21H32N4O. The fourth-order valence-corrected chi connectivity index (χ4v) is 4.92. The van der Waals surface area contributed by atoms with Crippen molar-refractivity contribution in [3.8, 4) is 0 Å². The third-order valence-corrected chi connectivity index (χ3v) is 6.52. The zero-order chi connectivity index (χ0) is 18.3. The van der Waals surface area contributed by atoms with Crippen LogP contribution in [0.2, 0.25) is 0 Å². The van der Waals surface area contributed by atoms with Gasteiger partial charge in [-0.1, -0.05) is 27.2 Å². The van der Waals surface area contributed by atoms with Crippen molar-refractivity contribution in [2.75, 3.05) is 31.1 Å². The van der Waals surface area contributed by atoms with E-state index in [4.69, 9.17) is 4.98 Å². The first kappa shape index (κ1) is 17.7. The lowest BCUT2D eigenvalue weighted by Gasteiger charge is -2.34. The van der Waals surface area contributed by atoms with Gasteiger partial charge in [-0.3, -0.25) is 4.79 Å². The van der Waals surface area contributed by atoms with Gasteiger partial charge in [0.1, 0.15) is 11.6 Å². The average molecular weight is 357 g/mol. The summed E-state index contributed by atoms with van der Waals surface area (Å²) in [6.07, 6.45) is 7.78. The van der Waals surface area contributed by atoms with Gasteiger partial charge in [-0.05, 0) is 43.6 Å². The van der Waals surface area contributed by atoms with Crippen molar-refractivity contribution in [2.24, 2.45) is 17.8 Å². The molecule has 1 saturated carbocycles. The molecule has 1 aliphatic carbocycles.